The highest BCUT2D eigenvalue weighted by molar-refractivity contribution is 7.14. The highest BCUT2D eigenvalue weighted by Crippen LogP contribution is 2.15. The molecule has 0 radical (unpaired) electrons. The van der Waals surface area contributed by atoms with Gasteiger partial charge in [0.05, 0.1) is 0 Å². The second kappa shape index (κ2) is 6.22. The summed E-state index contributed by atoms with van der Waals surface area (Å²) < 4.78 is 0. The van der Waals surface area contributed by atoms with E-state index in [2.05, 4.69) is 22.5 Å². The summed E-state index contributed by atoms with van der Waals surface area (Å²) in [5.41, 5.74) is 0.383. The van der Waals surface area contributed by atoms with Crippen LogP contribution in [0.15, 0.2) is 5.38 Å². The third-order valence-corrected chi connectivity index (χ3v) is 2.66. The minimum atomic E-state index is -0.280. The van der Waals surface area contributed by atoms with Crippen molar-refractivity contribution in [3.05, 3.63) is 11.1 Å². The zero-order chi connectivity index (χ0) is 12.0. The van der Waals surface area contributed by atoms with Crippen LogP contribution in [0.3, 0.4) is 0 Å². The van der Waals surface area contributed by atoms with Gasteiger partial charge in [-0.3, -0.25) is 10.1 Å². The van der Waals surface area contributed by atoms with Crippen LogP contribution in [0.4, 0.5) is 9.93 Å². The van der Waals surface area contributed by atoms with Crippen molar-refractivity contribution >= 4 is 28.3 Å². The van der Waals surface area contributed by atoms with E-state index in [1.54, 1.807) is 5.38 Å². The van der Waals surface area contributed by atoms with Gasteiger partial charge in [-0.15, -0.1) is 11.3 Å². The molecule has 0 unspecified atom stereocenters. The summed E-state index contributed by atoms with van der Waals surface area (Å²) in [4.78, 5) is 26.3. The summed E-state index contributed by atoms with van der Waals surface area (Å²) >= 11 is 1.24. The summed E-state index contributed by atoms with van der Waals surface area (Å²) in [5.74, 6) is -0.101. The lowest BCUT2D eigenvalue weighted by molar-refractivity contribution is 0.101. The fourth-order valence-corrected chi connectivity index (χ4v) is 1.76. The van der Waals surface area contributed by atoms with E-state index in [4.69, 9.17) is 0 Å². The number of Topliss-reactive ketones (excluding diaryl/α,β-unsaturated/α-hetero) is 1. The SMILES string of the molecule is CCCCNC(=O)Nc1nc(C(C)=O)cs1. The second-order valence-corrected chi connectivity index (χ2v) is 4.19. The van der Waals surface area contributed by atoms with E-state index in [1.807, 2.05) is 0 Å². The minimum absolute atomic E-state index is 0.101. The normalized spacial score (nSPS) is 9.88. The van der Waals surface area contributed by atoms with Crippen molar-refractivity contribution < 1.29 is 9.59 Å². The number of hydrogen-bond donors (Lipinski definition) is 2. The van der Waals surface area contributed by atoms with Crippen LogP contribution in [0.5, 0.6) is 0 Å². The zero-order valence-electron chi connectivity index (χ0n) is 9.37. The summed E-state index contributed by atoms with van der Waals surface area (Å²) in [6, 6.07) is -0.280. The monoisotopic (exact) mass is 241 g/mol. The first-order chi connectivity index (χ1) is 7.63. The molecule has 0 spiro atoms. The largest absolute Gasteiger partial charge is 0.338 e. The number of amides is 2. The predicted octanol–water partition coefficient (Wildman–Crippen LogP) is 2.27. The van der Waals surface area contributed by atoms with E-state index in [-0.39, 0.29) is 11.8 Å². The van der Waals surface area contributed by atoms with Gasteiger partial charge in [0.25, 0.3) is 0 Å². The molecule has 0 saturated carbocycles. The number of anilines is 1. The Morgan fingerprint density at radius 1 is 1.50 bits per heavy atom. The van der Waals surface area contributed by atoms with E-state index >= 15 is 0 Å². The van der Waals surface area contributed by atoms with Crippen molar-refractivity contribution in [2.75, 3.05) is 11.9 Å². The van der Waals surface area contributed by atoms with Crippen molar-refractivity contribution in [1.82, 2.24) is 10.3 Å². The third kappa shape index (κ3) is 3.98. The zero-order valence-corrected chi connectivity index (χ0v) is 10.2. The topological polar surface area (TPSA) is 71.1 Å². The lowest BCUT2D eigenvalue weighted by Crippen LogP contribution is -2.29. The van der Waals surface area contributed by atoms with Gasteiger partial charge in [-0.25, -0.2) is 9.78 Å². The fraction of sp³-hybridized carbons (Fsp3) is 0.500. The number of urea groups is 1. The molecule has 6 heteroatoms. The lowest BCUT2D eigenvalue weighted by Gasteiger charge is -2.03. The van der Waals surface area contributed by atoms with Crippen molar-refractivity contribution in [3.8, 4) is 0 Å². The van der Waals surface area contributed by atoms with Gasteiger partial charge in [-0.1, -0.05) is 13.3 Å². The molecule has 0 aromatic carbocycles. The molecule has 2 N–H and O–H groups in total. The molecular weight excluding hydrogens is 226 g/mol. The molecule has 0 fully saturated rings. The Balaban J connectivity index is 2.40. The molecule has 1 heterocycles. The molecule has 0 aliphatic carbocycles. The average molecular weight is 241 g/mol. The molecule has 1 rings (SSSR count). The second-order valence-electron chi connectivity index (χ2n) is 3.33. The Morgan fingerprint density at radius 2 is 2.25 bits per heavy atom. The maximum absolute atomic E-state index is 11.3. The standard InChI is InChI=1S/C10H15N3O2S/c1-3-4-5-11-9(15)13-10-12-8(6-16-10)7(2)14/h6H,3-5H2,1-2H3,(H2,11,12,13,15). The van der Waals surface area contributed by atoms with E-state index in [0.717, 1.165) is 12.8 Å². The number of thiazole rings is 1. The summed E-state index contributed by atoms with van der Waals surface area (Å²) in [5, 5.41) is 7.36. The van der Waals surface area contributed by atoms with Crippen LogP contribution in [-0.4, -0.2) is 23.3 Å². The molecule has 1 aromatic rings. The highest BCUT2D eigenvalue weighted by atomic mass is 32.1. The van der Waals surface area contributed by atoms with E-state index in [1.165, 1.54) is 18.3 Å². The Morgan fingerprint density at radius 3 is 2.81 bits per heavy atom. The average Bonchev–Trinajstić information content (AvgIpc) is 2.66. The number of unbranched alkanes of at least 4 members (excludes halogenated alkanes) is 1. The van der Waals surface area contributed by atoms with Crippen molar-refractivity contribution in [2.45, 2.75) is 26.7 Å². The van der Waals surface area contributed by atoms with Crippen LogP contribution in [0.2, 0.25) is 0 Å². The third-order valence-electron chi connectivity index (χ3n) is 1.90. The number of aromatic nitrogens is 1. The summed E-state index contributed by atoms with van der Waals surface area (Å²) in [6.07, 6.45) is 1.98. The van der Waals surface area contributed by atoms with Gasteiger partial charge < -0.3 is 5.32 Å². The number of ketones is 1. The van der Waals surface area contributed by atoms with Gasteiger partial charge in [-0.05, 0) is 6.42 Å². The highest BCUT2D eigenvalue weighted by Gasteiger charge is 2.08. The van der Waals surface area contributed by atoms with Crippen molar-refractivity contribution in [1.29, 1.82) is 0 Å². The van der Waals surface area contributed by atoms with Crippen LogP contribution in [0.25, 0.3) is 0 Å². The van der Waals surface area contributed by atoms with E-state index in [9.17, 15) is 9.59 Å². The maximum atomic E-state index is 11.3. The first-order valence-corrected chi connectivity index (χ1v) is 6.02. The Labute approximate surface area is 98.3 Å². The first kappa shape index (κ1) is 12.6. The number of carbonyl (C=O) groups is 2. The van der Waals surface area contributed by atoms with Gasteiger partial charge >= 0.3 is 6.03 Å². The van der Waals surface area contributed by atoms with Gasteiger partial charge in [0.15, 0.2) is 10.9 Å². The molecule has 0 atom stereocenters. The van der Waals surface area contributed by atoms with Gasteiger partial charge in [-0.2, -0.15) is 0 Å². The Hall–Kier alpha value is -1.43. The first-order valence-electron chi connectivity index (χ1n) is 5.14. The van der Waals surface area contributed by atoms with Crippen LogP contribution in [-0.2, 0) is 0 Å². The molecule has 1 aromatic heterocycles. The van der Waals surface area contributed by atoms with Crippen LogP contribution >= 0.6 is 11.3 Å². The molecule has 0 saturated heterocycles. The van der Waals surface area contributed by atoms with Crippen LogP contribution < -0.4 is 10.6 Å². The number of nitrogens with one attached hydrogen (secondary N) is 2. The summed E-state index contributed by atoms with van der Waals surface area (Å²) in [7, 11) is 0. The molecular formula is C10H15N3O2S. The number of carbonyl (C=O) groups excluding carboxylic acids is 2. The van der Waals surface area contributed by atoms with Gasteiger partial charge in [0, 0.05) is 18.8 Å². The molecule has 88 valence electrons. The number of hydrogen-bond acceptors (Lipinski definition) is 4. The molecule has 0 aliphatic rings. The maximum Gasteiger partial charge on any atom is 0.321 e. The molecule has 16 heavy (non-hydrogen) atoms. The Bertz CT molecular complexity index is 376. The lowest BCUT2D eigenvalue weighted by atomic mass is 10.3. The predicted molar refractivity (Wildman–Crippen MR) is 64.0 cm³/mol. The quantitative estimate of drug-likeness (QED) is 0.613. The summed E-state index contributed by atoms with van der Waals surface area (Å²) in [6.45, 7) is 4.15. The molecule has 2 amide bonds. The van der Waals surface area contributed by atoms with Gasteiger partial charge in [0.1, 0.15) is 5.69 Å². The Kier molecular flexibility index (Phi) is 4.91. The number of rotatable bonds is 5. The fourth-order valence-electron chi connectivity index (χ4n) is 1.01. The molecule has 0 bridgehead atoms. The smallest absolute Gasteiger partial charge is 0.321 e. The van der Waals surface area contributed by atoms with Crippen LogP contribution in [0, 0.1) is 0 Å². The van der Waals surface area contributed by atoms with Crippen molar-refractivity contribution in [2.24, 2.45) is 0 Å². The molecule has 0 aliphatic heterocycles. The van der Waals surface area contributed by atoms with Crippen molar-refractivity contribution in [3.63, 3.8) is 0 Å². The van der Waals surface area contributed by atoms with E-state index < -0.39 is 0 Å². The van der Waals surface area contributed by atoms with Crippen LogP contribution in [0.1, 0.15) is 37.2 Å². The molecule has 5 nitrogen and oxygen atoms in total. The van der Waals surface area contributed by atoms with E-state index in [0.29, 0.717) is 17.4 Å². The number of nitrogens with zero attached hydrogens (tertiary/aromatic N) is 1. The van der Waals surface area contributed by atoms with Gasteiger partial charge in [0.2, 0.25) is 0 Å². The minimum Gasteiger partial charge on any atom is -0.338 e.